The van der Waals surface area contributed by atoms with E-state index in [1.165, 1.54) is 25.1 Å². The Morgan fingerprint density at radius 3 is 1.76 bits per heavy atom. The van der Waals surface area contributed by atoms with E-state index in [-0.39, 0.29) is 23.0 Å². The van der Waals surface area contributed by atoms with E-state index >= 15 is 0 Å². The lowest BCUT2D eigenvalue weighted by molar-refractivity contribution is -0.161. The number of carbonyl (C=O) groups excluding carboxylic acids is 4. The van der Waals surface area contributed by atoms with Crippen LogP contribution in [0.1, 0.15) is 107 Å². The molecule has 0 aliphatic carbocycles. The van der Waals surface area contributed by atoms with Crippen LogP contribution in [0.15, 0.2) is 18.2 Å². The van der Waals surface area contributed by atoms with Crippen LogP contribution >= 0.6 is 0 Å². The van der Waals surface area contributed by atoms with Gasteiger partial charge in [0.1, 0.15) is 23.3 Å². The number of carbonyl (C=O) groups is 4. The van der Waals surface area contributed by atoms with Gasteiger partial charge in [0.25, 0.3) is 0 Å². The first kappa shape index (κ1) is 35.9. The largest absolute Gasteiger partial charge is 0.509 e. The van der Waals surface area contributed by atoms with Crippen LogP contribution in [0.25, 0.3) is 0 Å². The first-order valence-corrected chi connectivity index (χ1v) is 14.5. The molecule has 0 saturated carbocycles. The molecule has 10 heteroatoms. The molecule has 2 unspecified atom stereocenters. The van der Waals surface area contributed by atoms with E-state index in [0.29, 0.717) is 19.3 Å². The van der Waals surface area contributed by atoms with Crippen molar-refractivity contribution in [2.75, 3.05) is 0 Å². The zero-order valence-electron chi connectivity index (χ0n) is 26.3. The Labute approximate surface area is 244 Å². The SMILES string of the molecule is CCCC(C)C(=O)Oc1ccc([C@](C)(N)C(=O)O[C@@H](C)[C@H](C)OC(=O)OC(C)(C)CC)cc1OC(=O)C(C)CCC. The minimum absolute atomic E-state index is 0.0250. The van der Waals surface area contributed by atoms with Gasteiger partial charge in [-0.25, -0.2) is 9.59 Å². The number of benzene rings is 1. The molecule has 1 rings (SSSR count). The second-order valence-electron chi connectivity index (χ2n) is 11.5. The maximum Gasteiger partial charge on any atom is 0.509 e. The highest BCUT2D eigenvalue weighted by Gasteiger charge is 2.36. The summed E-state index contributed by atoms with van der Waals surface area (Å²) >= 11 is 0. The quantitative estimate of drug-likeness (QED) is 0.188. The molecule has 0 aromatic heterocycles. The van der Waals surface area contributed by atoms with Crippen molar-refractivity contribution in [1.29, 1.82) is 0 Å². The van der Waals surface area contributed by atoms with Crippen LogP contribution in [0, 0.1) is 11.8 Å². The fourth-order valence-corrected chi connectivity index (χ4v) is 3.59. The lowest BCUT2D eigenvalue weighted by Gasteiger charge is -2.29. The maximum atomic E-state index is 13.2. The molecule has 1 aromatic carbocycles. The van der Waals surface area contributed by atoms with Gasteiger partial charge >= 0.3 is 24.1 Å². The Bertz CT molecular complexity index is 1050. The average molecular weight is 580 g/mol. The lowest BCUT2D eigenvalue weighted by atomic mass is 9.92. The Hall–Kier alpha value is -3.14. The predicted molar refractivity (Wildman–Crippen MR) is 154 cm³/mol. The molecule has 5 atom stereocenters. The van der Waals surface area contributed by atoms with Gasteiger partial charge in [0.05, 0.1) is 11.8 Å². The van der Waals surface area contributed by atoms with E-state index in [9.17, 15) is 19.2 Å². The highest BCUT2D eigenvalue weighted by Crippen LogP contribution is 2.34. The summed E-state index contributed by atoms with van der Waals surface area (Å²) in [7, 11) is 0. The van der Waals surface area contributed by atoms with E-state index in [2.05, 4.69) is 0 Å². The van der Waals surface area contributed by atoms with E-state index in [4.69, 9.17) is 29.4 Å². The molecule has 0 spiro atoms. The number of hydrogen-bond acceptors (Lipinski definition) is 10. The van der Waals surface area contributed by atoms with Crippen molar-refractivity contribution >= 4 is 24.1 Å². The summed E-state index contributed by atoms with van der Waals surface area (Å²) in [6, 6.07) is 4.35. The fourth-order valence-electron chi connectivity index (χ4n) is 3.59. The summed E-state index contributed by atoms with van der Waals surface area (Å²) < 4.78 is 27.3. The summed E-state index contributed by atoms with van der Waals surface area (Å²) in [4.78, 5) is 50.7. The van der Waals surface area contributed by atoms with Crippen molar-refractivity contribution in [3.05, 3.63) is 23.8 Å². The van der Waals surface area contributed by atoms with Crippen molar-refractivity contribution < 1.29 is 42.9 Å². The Kier molecular flexibility index (Phi) is 13.8. The highest BCUT2D eigenvalue weighted by atomic mass is 16.7. The summed E-state index contributed by atoms with van der Waals surface area (Å²) in [6.45, 7) is 17.4. The van der Waals surface area contributed by atoms with Crippen molar-refractivity contribution in [2.24, 2.45) is 17.6 Å². The van der Waals surface area contributed by atoms with Crippen molar-refractivity contribution in [2.45, 2.75) is 125 Å². The molecule has 0 fully saturated rings. The molecule has 0 bridgehead atoms. The molecule has 0 aliphatic heterocycles. The average Bonchev–Trinajstić information content (AvgIpc) is 2.89. The van der Waals surface area contributed by atoms with E-state index in [0.717, 1.165) is 12.8 Å². The van der Waals surface area contributed by atoms with E-state index in [1.54, 1.807) is 41.5 Å². The topological polar surface area (TPSA) is 140 Å². The van der Waals surface area contributed by atoms with Crippen molar-refractivity contribution in [3.8, 4) is 11.5 Å². The first-order valence-electron chi connectivity index (χ1n) is 14.5. The third-order valence-corrected chi connectivity index (χ3v) is 7.08. The van der Waals surface area contributed by atoms with E-state index < -0.39 is 53.3 Å². The van der Waals surface area contributed by atoms with Crippen molar-refractivity contribution in [1.82, 2.24) is 0 Å². The summed E-state index contributed by atoms with van der Waals surface area (Å²) in [5, 5.41) is 0. The molecule has 0 radical (unpaired) electrons. The molecule has 1 aromatic rings. The van der Waals surface area contributed by atoms with Gasteiger partial charge in [-0.05, 0) is 71.6 Å². The summed E-state index contributed by atoms with van der Waals surface area (Å²) in [5.41, 5.74) is 4.30. The maximum absolute atomic E-state index is 13.2. The van der Waals surface area contributed by atoms with Crippen LogP contribution in [-0.4, -0.2) is 41.9 Å². The number of rotatable bonds is 15. The minimum Gasteiger partial charge on any atom is -0.457 e. The van der Waals surface area contributed by atoms with Gasteiger partial charge in [0.2, 0.25) is 0 Å². The second kappa shape index (κ2) is 15.7. The predicted octanol–water partition coefficient (Wildman–Crippen LogP) is 6.21. The number of nitrogens with two attached hydrogens (primary N) is 1. The Morgan fingerprint density at radius 2 is 1.27 bits per heavy atom. The first-order chi connectivity index (χ1) is 19.0. The molecule has 0 aliphatic rings. The van der Waals surface area contributed by atoms with Gasteiger partial charge in [0.15, 0.2) is 11.5 Å². The molecular formula is C31H49NO9. The van der Waals surface area contributed by atoms with Gasteiger partial charge in [-0.1, -0.05) is 53.5 Å². The van der Waals surface area contributed by atoms with E-state index in [1.807, 2.05) is 20.8 Å². The number of hydrogen-bond donors (Lipinski definition) is 1. The highest BCUT2D eigenvalue weighted by molar-refractivity contribution is 5.83. The van der Waals surface area contributed by atoms with Gasteiger partial charge < -0.3 is 29.4 Å². The van der Waals surface area contributed by atoms with Gasteiger partial charge in [0, 0.05) is 0 Å². The van der Waals surface area contributed by atoms with Crippen LogP contribution in [-0.2, 0) is 34.1 Å². The molecule has 232 valence electrons. The molecule has 2 N–H and O–H groups in total. The second-order valence-corrected chi connectivity index (χ2v) is 11.5. The van der Waals surface area contributed by atoms with Crippen LogP contribution in [0.4, 0.5) is 4.79 Å². The minimum atomic E-state index is -1.69. The van der Waals surface area contributed by atoms with Gasteiger partial charge in [-0.2, -0.15) is 0 Å². The van der Waals surface area contributed by atoms with Crippen molar-refractivity contribution in [3.63, 3.8) is 0 Å². The van der Waals surface area contributed by atoms with Crippen LogP contribution in [0.2, 0.25) is 0 Å². The standard InChI is InChI=1S/C31H49NO9/c1-11-14-19(4)26(33)39-24-17-16-23(18-25(24)40-27(34)20(5)15-12-2)31(10,32)28(35)37-21(6)22(7)38-29(36)41-30(8,9)13-3/h16-22H,11-15,32H2,1-10H3/t19?,20?,21-,22-,31-/m0/s1. The fraction of sp³-hybridized carbons (Fsp3) is 0.677. The molecular weight excluding hydrogens is 530 g/mol. The molecule has 41 heavy (non-hydrogen) atoms. The zero-order chi connectivity index (χ0) is 31.5. The number of ether oxygens (including phenoxy) is 5. The summed E-state index contributed by atoms with van der Waals surface area (Å²) in [5.74, 6) is -2.49. The Morgan fingerprint density at radius 1 is 0.780 bits per heavy atom. The lowest BCUT2D eigenvalue weighted by Crippen LogP contribution is -2.46. The molecule has 0 heterocycles. The number of esters is 3. The van der Waals surface area contributed by atoms with Crippen LogP contribution in [0.5, 0.6) is 11.5 Å². The molecule has 0 saturated heterocycles. The molecule has 10 nitrogen and oxygen atoms in total. The summed E-state index contributed by atoms with van der Waals surface area (Å²) in [6.07, 6.45) is 0.896. The third kappa shape index (κ3) is 11.0. The third-order valence-electron chi connectivity index (χ3n) is 7.08. The van der Waals surface area contributed by atoms with Gasteiger partial charge in [-0.15, -0.1) is 0 Å². The Balaban J connectivity index is 3.18. The van der Waals surface area contributed by atoms with Gasteiger partial charge in [-0.3, -0.25) is 9.59 Å². The zero-order valence-corrected chi connectivity index (χ0v) is 26.3. The van der Waals surface area contributed by atoms with Crippen LogP contribution in [0.3, 0.4) is 0 Å². The molecule has 0 amide bonds. The smallest absolute Gasteiger partial charge is 0.457 e. The van der Waals surface area contributed by atoms with Crippen LogP contribution < -0.4 is 15.2 Å². The monoisotopic (exact) mass is 579 g/mol. The normalized spacial score (nSPS) is 15.9.